The molecule has 0 radical (unpaired) electrons. The van der Waals surface area contributed by atoms with Crippen LogP contribution in [0.2, 0.25) is 0 Å². The first-order chi connectivity index (χ1) is 27.0. The summed E-state index contributed by atoms with van der Waals surface area (Å²) in [6, 6.07) is 6.35. The van der Waals surface area contributed by atoms with Gasteiger partial charge in [-0.2, -0.15) is 0 Å². The van der Waals surface area contributed by atoms with Crippen molar-refractivity contribution < 1.29 is 38.2 Å². The molecule has 2 bridgehead atoms. The fraction of sp³-hybridized carbons (Fsp3) is 0.667. The first kappa shape index (κ1) is 45.8. The molecule has 15 heteroatoms. The zero-order valence-corrected chi connectivity index (χ0v) is 36.3. The molecule has 2 N–H and O–H groups in total. The van der Waals surface area contributed by atoms with Crippen LogP contribution < -0.4 is 10.6 Å². The molecule has 0 saturated carbocycles. The lowest BCUT2D eigenvalue weighted by molar-refractivity contribution is -0.148. The van der Waals surface area contributed by atoms with E-state index < -0.39 is 60.3 Å². The number of methoxy groups -OCH3 is 2. The van der Waals surface area contributed by atoms with Crippen molar-refractivity contribution in [1.29, 1.82) is 0 Å². The molecular formula is C42H64N6O8S. The number of ether oxygens (including phenoxy) is 3. The number of hydrogen-bond donors (Lipinski definition) is 2. The average molecular weight is 813 g/mol. The van der Waals surface area contributed by atoms with Crippen molar-refractivity contribution in [2.75, 3.05) is 41.9 Å². The molecule has 1 fully saturated rings. The molecule has 0 aliphatic carbocycles. The van der Waals surface area contributed by atoms with Gasteiger partial charge < -0.3 is 34.6 Å². The van der Waals surface area contributed by atoms with Gasteiger partial charge in [-0.1, -0.05) is 71.4 Å². The number of nitrogens with zero attached hydrogens (tertiary/aromatic N) is 4. The number of amides is 4. The molecule has 14 nitrogen and oxygen atoms in total. The van der Waals surface area contributed by atoms with Crippen molar-refractivity contribution in [2.45, 2.75) is 122 Å². The van der Waals surface area contributed by atoms with Gasteiger partial charge in [0.2, 0.25) is 23.6 Å². The molecule has 10 atom stereocenters. The van der Waals surface area contributed by atoms with E-state index in [1.807, 2.05) is 58.0 Å². The van der Waals surface area contributed by atoms with E-state index in [4.69, 9.17) is 14.2 Å². The fourth-order valence-electron chi connectivity index (χ4n) is 8.33. The van der Waals surface area contributed by atoms with Gasteiger partial charge in [-0.15, -0.1) is 11.3 Å². The zero-order chi connectivity index (χ0) is 42.1. The first-order valence-electron chi connectivity index (χ1n) is 20.1. The fourth-order valence-corrected chi connectivity index (χ4v) is 9.17. The highest BCUT2D eigenvalue weighted by Gasteiger charge is 2.44. The summed E-state index contributed by atoms with van der Waals surface area (Å²) in [7, 11) is 8.21. The second kappa shape index (κ2) is 20.7. The number of rotatable bonds is 8. The Labute approximate surface area is 342 Å². The van der Waals surface area contributed by atoms with Gasteiger partial charge in [0.15, 0.2) is 5.69 Å². The number of aromatic nitrogens is 1. The highest BCUT2D eigenvalue weighted by molar-refractivity contribution is 7.09. The van der Waals surface area contributed by atoms with Crippen molar-refractivity contribution in [2.24, 2.45) is 17.8 Å². The number of carbonyl (C=O) groups is 5. The van der Waals surface area contributed by atoms with Crippen LogP contribution in [0.4, 0.5) is 0 Å². The minimum Gasteiger partial charge on any atom is -0.456 e. The summed E-state index contributed by atoms with van der Waals surface area (Å²) in [6.07, 6.45) is 0.305. The molecular weight excluding hydrogens is 749 g/mol. The highest BCUT2D eigenvalue weighted by atomic mass is 32.1. The van der Waals surface area contributed by atoms with Crippen LogP contribution in [0.15, 0.2) is 35.7 Å². The molecule has 316 valence electrons. The van der Waals surface area contributed by atoms with Gasteiger partial charge in [0.25, 0.3) is 0 Å². The number of thiazole rings is 1. The topological polar surface area (TPSA) is 160 Å². The maximum atomic E-state index is 14.4. The van der Waals surface area contributed by atoms with E-state index in [2.05, 4.69) is 15.6 Å². The molecule has 0 unspecified atom stereocenters. The number of carbonyl (C=O) groups excluding carboxylic acids is 5. The number of nitrogens with one attached hydrogen (secondary N) is 2. The zero-order valence-electron chi connectivity index (χ0n) is 35.5. The summed E-state index contributed by atoms with van der Waals surface area (Å²) in [5.74, 6) is -2.97. The van der Waals surface area contributed by atoms with E-state index in [1.54, 1.807) is 69.3 Å². The summed E-state index contributed by atoms with van der Waals surface area (Å²) in [5.41, 5.74) is 1.01. The van der Waals surface area contributed by atoms with Gasteiger partial charge in [0, 0.05) is 33.2 Å². The van der Waals surface area contributed by atoms with E-state index in [0.29, 0.717) is 30.8 Å². The second-order valence-corrected chi connectivity index (χ2v) is 17.0. The molecule has 4 rings (SSSR count). The van der Waals surface area contributed by atoms with E-state index in [-0.39, 0.29) is 47.7 Å². The molecule has 57 heavy (non-hydrogen) atoms. The van der Waals surface area contributed by atoms with Gasteiger partial charge in [-0.25, -0.2) is 9.78 Å². The third-order valence-electron chi connectivity index (χ3n) is 11.7. The lowest BCUT2D eigenvalue weighted by Gasteiger charge is -2.41. The molecule has 2 aliphatic heterocycles. The first-order valence-corrected chi connectivity index (χ1v) is 21.0. The maximum absolute atomic E-state index is 14.4. The number of fused-ring (bicyclic) bond motifs is 3. The van der Waals surface area contributed by atoms with Crippen LogP contribution in [-0.2, 0) is 39.8 Å². The van der Waals surface area contributed by atoms with Crippen molar-refractivity contribution in [3.8, 4) is 0 Å². The lowest BCUT2D eigenvalue weighted by atomic mass is 9.89. The molecule has 2 aliphatic rings. The van der Waals surface area contributed by atoms with Crippen LogP contribution in [0.5, 0.6) is 0 Å². The number of benzene rings is 1. The lowest BCUT2D eigenvalue weighted by Crippen LogP contribution is -2.60. The molecule has 1 aromatic carbocycles. The summed E-state index contributed by atoms with van der Waals surface area (Å²) in [6.45, 7) is 11.7. The van der Waals surface area contributed by atoms with Crippen LogP contribution in [0.3, 0.4) is 0 Å². The normalized spacial score (nSPS) is 29.6. The minimum atomic E-state index is -0.948. The van der Waals surface area contributed by atoms with Crippen LogP contribution in [-0.4, -0.2) is 134 Å². The van der Waals surface area contributed by atoms with Gasteiger partial charge in [0.1, 0.15) is 23.2 Å². The summed E-state index contributed by atoms with van der Waals surface area (Å²) in [4.78, 5) is 80.3. The van der Waals surface area contributed by atoms with Gasteiger partial charge in [0.05, 0.1) is 42.7 Å². The van der Waals surface area contributed by atoms with E-state index in [9.17, 15) is 24.0 Å². The number of esters is 1. The number of hydrogen-bond acceptors (Lipinski definition) is 11. The summed E-state index contributed by atoms with van der Waals surface area (Å²) in [5, 5.41) is 8.25. The third kappa shape index (κ3) is 11.0. The Morgan fingerprint density at radius 3 is 2.28 bits per heavy atom. The van der Waals surface area contributed by atoms with E-state index in [1.165, 1.54) is 11.3 Å². The van der Waals surface area contributed by atoms with Gasteiger partial charge in [-0.3, -0.25) is 24.1 Å². The molecule has 0 spiro atoms. The van der Waals surface area contributed by atoms with Gasteiger partial charge >= 0.3 is 5.97 Å². The monoisotopic (exact) mass is 812 g/mol. The second-order valence-electron chi connectivity index (χ2n) is 16.2. The molecule has 2 aromatic rings. The minimum absolute atomic E-state index is 0.00641. The average Bonchev–Trinajstić information content (AvgIpc) is 3.87. The van der Waals surface area contributed by atoms with Crippen LogP contribution in [0.25, 0.3) is 0 Å². The van der Waals surface area contributed by atoms with Gasteiger partial charge in [-0.05, 0) is 57.7 Å². The standard InChI is InChI=1S/C42H64N6O8S/c1-12-25(4)35-32(54-10)22-33(49)48-20-16-19-31(48)37(55-11)26(5)38(50)43-29(21-28-17-14-13-15-18-28)40-44-30(23-57-40)42(53)56-27(6)36(46(7)8)39(51)45-34(24(2)3)41(52)47(35)9/h13-15,17-18,23-27,29,31-32,34-37H,12,16,19-22H2,1-11H3,(H,43,50)(H,45,51)/t25-,26-,27+,29-,31-,32+,34-,35-,36-,37+/m0/s1. The predicted molar refractivity (Wildman–Crippen MR) is 218 cm³/mol. The van der Waals surface area contributed by atoms with E-state index in [0.717, 1.165) is 12.0 Å². The van der Waals surface area contributed by atoms with Crippen LogP contribution in [0.1, 0.15) is 94.3 Å². The maximum Gasteiger partial charge on any atom is 0.358 e. The smallest absolute Gasteiger partial charge is 0.358 e. The molecule has 1 aromatic heterocycles. The molecule has 4 amide bonds. The Balaban J connectivity index is 1.79. The Kier molecular flexibility index (Phi) is 16.6. The number of cyclic esters (lactones) is 1. The quantitative estimate of drug-likeness (QED) is 0.372. The summed E-state index contributed by atoms with van der Waals surface area (Å²) < 4.78 is 17.9. The third-order valence-corrected chi connectivity index (χ3v) is 12.6. The Morgan fingerprint density at radius 1 is 1.00 bits per heavy atom. The predicted octanol–water partition coefficient (Wildman–Crippen LogP) is 4.09. The van der Waals surface area contributed by atoms with Crippen molar-refractivity contribution in [3.63, 3.8) is 0 Å². The van der Waals surface area contributed by atoms with Crippen LogP contribution >= 0.6 is 11.3 Å². The van der Waals surface area contributed by atoms with Crippen LogP contribution in [0, 0.1) is 17.8 Å². The summed E-state index contributed by atoms with van der Waals surface area (Å²) >= 11 is 1.23. The largest absolute Gasteiger partial charge is 0.456 e. The van der Waals surface area contributed by atoms with Crippen molar-refractivity contribution in [1.82, 2.24) is 30.3 Å². The Bertz CT molecular complexity index is 1670. The van der Waals surface area contributed by atoms with Crippen molar-refractivity contribution >= 4 is 40.9 Å². The Hall–Kier alpha value is -3.92. The molecule has 3 heterocycles. The molecule has 1 saturated heterocycles. The Morgan fingerprint density at radius 2 is 1.68 bits per heavy atom. The highest BCUT2D eigenvalue weighted by Crippen LogP contribution is 2.31. The van der Waals surface area contributed by atoms with Crippen molar-refractivity contribution in [3.05, 3.63) is 52.0 Å². The SMILES string of the molecule is CC[C@H](C)[C@H]1[C@H](OC)CC(=O)N2CCC[C@H]2[C@H](OC)[C@H](C)C(=O)N[C@@H](Cc2ccccc2)c2nc(cs2)C(=O)O[C@H](C)[C@H](N(C)C)C(=O)N[C@@H](C(C)C)C(=O)N1C. The number of likely N-dealkylation sites (N-methyl/N-ethyl adjacent to an activating group) is 2. The van der Waals surface area contributed by atoms with E-state index >= 15 is 0 Å².